The molecule has 1 saturated heterocycles. The summed E-state index contributed by atoms with van der Waals surface area (Å²) in [5.41, 5.74) is 0. The highest BCUT2D eigenvalue weighted by molar-refractivity contribution is 7.11. The molecule has 0 N–H and O–H groups in total. The highest BCUT2D eigenvalue weighted by atomic mass is 32.1. The fourth-order valence-electron chi connectivity index (χ4n) is 3.02. The molecular weight excluding hydrogens is 284 g/mol. The van der Waals surface area contributed by atoms with Crippen molar-refractivity contribution in [2.45, 2.75) is 51.0 Å². The van der Waals surface area contributed by atoms with E-state index in [1.807, 2.05) is 6.20 Å². The van der Waals surface area contributed by atoms with E-state index in [1.165, 1.54) is 30.6 Å². The van der Waals surface area contributed by atoms with Crippen molar-refractivity contribution in [2.24, 2.45) is 0 Å². The zero-order valence-electron chi connectivity index (χ0n) is 12.3. The van der Waals surface area contributed by atoms with Gasteiger partial charge >= 0.3 is 0 Å². The minimum absolute atomic E-state index is 0.420. The van der Waals surface area contributed by atoms with Gasteiger partial charge in [0.15, 0.2) is 5.82 Å². The van der Waals surface area contributed by atoms with Gasteiger partial charge in [-0.05, 0) is 39.2 Å². The molecule has 6 heteroatoms. The topological polar surface area (TPSA) is 55.1 Å². The molecule has 112 valence electrons. The van der Waals surface area contributed by atoms with E-state index in [2.05, 4.69) is 26.9 Å². The fourth-order valence-corrected chi connectivity index (χ4v) is 3.86. The van der Waals surface area contributed by atoms with E-state index in [9.17, 15) is 0 Å². The molecule has 0 amide bonds. The van der Waals surface area contributed by atoms with Crippen LogP contribution < -0.4 is 0 Å². The number of rotatable bonds is 4. The van der Waals surface area contributed by atoms with E-state index in [4.69, 9.17) is 4.52 Å². The van der Waals surface area contributed by atoms with E-state index in [1.54, 1.807) is 11.3 Å². The van der Waals surface area contributed by atoms with Gasteiger partial charge in [-0.25, -0.2) is 4.98 Å². The Hall–Kier alpha value is -1.27. The highest BCUT2D eigenvalue weighted by Gasteiger charge is 2.32. The molecule has 1 aliphatic carbocycles. The maximum absolute atomic E-state index is 5.41. The molecule has 0 bridgehead atoms. The average molecular weight is 304 g/mol. The number of piperidine rings is 1. The third-order valence-corrected chi connectivity index (χ3v) is 5.20. The molecule has 21 heavy (non-hydrogen) atoms. The summed E-state index contributed by atoms with van der Waals surface area (Å²) < 4.78 is 5.41. The summed E-state index contributed by atoms with van der Waals surface area (Å²) in [5, 5.41) is 5.37. The monoisotopic (exact) mass is 304 g/mol. The smallest absolute Gasteiger partial charge is 0.229 e. The molecule has 2 fully saturated rings. The van der Waals surface area contributed by atoms with Gasteiger partial charge < -0.3 is 4.52 Å². The van der Waals surface area contributed by atoms with Gasteiger partial charge in [-0.1, -0.05) is 5.16 Å². The first-order valence-electron chi connectivity index (χ1n) is 7.75. The SMILES string of the molecule is Cc1ncc(CN2CCC[C@@H](c3noc(C4CC4)n3)C2)s1. The molecule has 2 aromatic rings. The molecule has 5 nitrogen and oxygen atoms in total. The molecule has 3 heterocycles. The van der Waals surface area contributed by atoms with Crippen molar-refractivity contribution in [3.05, 3.63) is 27.8 Å². The Kier molecular flexibility index (Phi) is 3.51. The molecule has 2 aliphatic rings. The van der Waals surface area contributed by atoms with E-state index >= 15 is 0 Å². The summed E-state index contributed by atoms with van der Waals surface area (Å²) in [6.45, 7) is 5.24. The van der Waals surface area contributed by atoms with Crippen LogP contribution in [-0.2, 0) is 6.54 Å². The Balaban J connectivity index is 1.41. The third kappa shape index (κ3) is 3.01. The fraction of sp³-hybridized carbons (Fsp3) is 0.667. The minimum Gasteiger partial charge on any atom is -0.339 e. The highest BCUT2D eigenvalue weighted by Crippen LogP contribution is 2.39. The molecule has 0 unspecified atom stereocenters. The van der Waals surface area contributed by atoms with Crippen molar-refractivity contribution < 1.29 is 4.52 Å². The van der Waals surface area contributed by atoms with Crippen molar-refractivity contribution in [1.29, 1.82) is 0 Å². The lowest BCUT2D eigenvalue weighted by Gasteiger charge is -2.30. The predicted molar refractivity (Wildman–Crippen MR) is 80.4 cm³/mol. The Bertz CT molecular complexity index is 619. The van der Waals surface area contributed by atoms with Crippen LogP contribution in [-0.4, -0.2) is 33.1 Å². The van der Waals surface area contributed by atoms with Gasteiger partial charge in [-0.2, -0.15) is 4.98 Å². The number of aryl methyl sites for hydroxylation is 1. The van der Waals surface area contributed by atoms with Crippen molar-refractivity contribution in [3.63, 3.8) is 0 Å². The van der Waals surface area contributed by atoms with Crippen molar-refractivity contribution in [1.82, 2.24) is 20.0 Å². The van der Waals surface area contributed by atoms with Crippen LogP contribution in [0.2, 0.25) is 0 Å². The second-order valence-corrected chi connectivity index (χ2v) is 7.50. The van der Waals surface area contributed by atoms with Crippen molar-refractivity contribution >= 4 is 11.3 Å². The van der Waals surface area contributed by atoms with Crippen LogP contribution in [0.3, 0.4) is 0 Å². The van der Waals surface area contributed by atoms with Crippen LogP contribution in [0.25, 0.3) is 0 Å². The second kappa shape index (κ2) is 5.50. The van der Waals surface area contributed by atoms with Crippen LogP contribution in [0.15, 0.2) is 10.7 Å². The first-order chi connectivity index (χ1) is 10.3. The van der Waals surface area contributed by atoms with Gasteiger partial charge in [0, 0.05) is 36.0 Å². The van der Waals surface area contributed by atoms with E-state index < -0.39 is 0 Å². The molecule has 2 aromatic heterocycles. The largest absolute Gasteiger partial charge is 0.339 e. The van der Waals surface area contributed by atoms with Gasteiger partial charge in [-0.15, -0.1) is 11.3 Å². The maximum Gasteiger partial charge on any atom is 0.229 e. The Morgan fingerprint density at radius 2 is 2.24 bits per heavy atom. The molecular formula is C15H20N4OS. The summed E-state index contributed by atoms with van der Waals surface area (Å²) in [6, 6.07) is 0. The maximum atomic E-state index is 5.41. The average Bonchev–Trinajstić information content (AvgIpc) is 3.07. The van der Waals surface area contributed by atoms with Crippen LogP contribution in [0.5, 0.6) is 0 Å². The Morgan fingerprint density at radius 1 is 1.33 bits per heavy atom. The molecule has 0 radical (unpaired) electrons. The third-order valence-electron chi connectivity index (χ3n) is 4.30. The Labute approximate surface area is 128 Å². The summed E-state index contributed by atoms with van der Waals surface area (Å²) in [7, 11) is 0. The van der Waals surface area contributed by atoms with Gasteiger partial charge in [0.1, 0.15) is 0 Å². The van der Waals surface area contributed by atoms with E-state index in [-0.39, 0.29) is 0 Å². The van der Waals surface area contributed by atoms with Crippen LogP contribution in [0, 0.1) is 6.92 Å². The number of aromatic nitrogens is 3. The van der Waals surface area contributed by atoms with Crippen LogP contribution >= 0.6 is 11.3 Å². The Morgan fingerprint density at radius 3 is 3.00 bits per heavy atom. The lowest BCUT2D eigenvalue weighted by molar-refractivity contribution is 0.196. The quantitative estimate of drug-likeness (QED) is 0.869. The number of likely N-dealkylation sites (tertiary alicyclic amines) is 1. The van der Waals surface area contributed by atoms with E-state index in [0.717, 1.165) is 36.4 Å². The number of hydrogen-bond acceptors (Lipinski definition) is 6. The van der Waals surface area contributed by atoms with Gasteiger partial charge in [0.2, 0.25) is 5.89 Å². The predicted octanol–water partition coefficient (Wildman–Crippen LogP) is 3.09. The summed E-state index contributed by atoms with van der Waals surface area (Å²) in [6.07, 6.45) is 6.80. The molecule has 4 rings (SSSR count). The van der Waals surface area contributed by atoms with Gasteiger partial charge in [0.05, 0.1) is 5.01 Å². The summed E-state index contributed by atoms with van der Waals surface area (Å²) >= 11 is 1.79. The lowest BCUT2D eigenvalue weighted by atomic mass is 9.97. The van der Waals surface area contributed by atoms with Crippen LogP contribution in [0.1, 0.15) is 59.1 Å². The first-order valence-corrected chi connectivity index (χ1v) is 8.57. The molecule has 1 atom stereocenters. The lowest BCUT2D eigenvalue weighted by Crippen LogP contribution is -2.34. The molecule has 1 saturated carbocycles. The summed E-state index contributed by atoms with van der Waals surface area (Å²) in [5.74, 6) is 2.75. The zero-order chi connectivity index (χ0) is 14.2. The normalized spacial score (nSPS) is 23.6. The first kappa shape index (κ1) is 13.4. The van der Waals surface area contributed by atoms with Gasteiger partial charge in [-0.3, -0.25) is 4.90 Å². The number of thiazole rings is 1. The molecule has 1 aliphatic heterocycles. The minimum atomic E-state index is 0.420. The standard InChI is InChI=1S/C15H20N4OS/c1-10-16-7-13(21-10)9-19-6-2-3-12(8-19)14-17-15(20-18-14)11-4-5-11/h7,11-12H,2-6,8-9H2,1H3/t12-/m1/s1. The second-order valence-electron chi connectivity index (χ2n) is 6.18. The summed E-state index contributed by atoms with van der Waals surface area (Å²) in [4.78, 5) is 12.8. The van der Waals surface area contributed by atoms with E-state index in [0.29, 0.717) is 11.8 Å². The molecule has 0 spiro atoms. The molecule has 0 aromatic carbocycles. The number of hydrogen-bond donors (Lipinski definition) is 0. The van der Waals surface area contributed by atoms with Gasteiger partial charge in [0.25, 0.3) is 0 Å². The van der Waals surface area contributed by atoms with Crippen molar-refractivity contribution in [3.8, 4) is 0 Å². The van der Waals surface area contributed by atoms with Crippen molar-refractivity contribution in [2.75, 3.05) is 13.1 Å². The van der Waals surface area contributed by atoms with Crippen LogP contribution in [0.4, 0.5) is 0 Å². The zero-order valence-corrected chi connectivity index (χ0v) is 13.1. The number of nitrogens with zero attached hydrogens (tertiary/aromatic N) is 4.